The zero-order valence-electron chi connectivity index (χ0n) is 26.1. The van der Waals surface area contributed by atoms with Crippen LogP contribution in [-0.2, 0) is 0 Å². The summed E-state index contributed by atoms with van der Waals surface area (Å²) in [6.07, 6.45) is 0. The zero-order chi connectivity index (χ0) is 31.3. The normalized spacial score (nSPS) is 11.9. The molecule has 0 N–H and O–H groups in total. The van der Waals surface area contributed by atoms with E-state index in [1.807, 2.05) is 42.5 Å². The molecule has 0 amide bonds. The summed E-state index contributed by atoms with van der Waals surface area (Å²) < 4.78 is 4.66. The van der Waals surface area contributed by atoms with Crippen LogP contribution < -0.4 is 0 Å². The molecule has 4 nitrogen and oxygen atoms in total. The summed E-state index contributed by atoms with van der Waals surface area (Å²) in [7, 11) is 0. The number of para-hydroxylation sites is 4. The van der Waals surface area contributed by atoms with E-state index in [1.165, 1.54) is 32.8 Å². The second-order valence-electron chi connectivity index (χ2n) is 12.5. The number of fused-ring (bicyclic) bond motifs is 10. The van der Waals surface area contributed by atoms with Gasteiger partial charge in [-0.1, -0.05) is 66.0 Å². The van der Waals surface area contributed by atoms with Crippen LogP contribution in [0.4, 0.5) is 0 Å². The van der Waals surface area contributed by atoms with E-state index in [1.54, 1.807) is 0 Å². The number of hydrogen-bond acceptors (Lipinski definition) is 2. The van der Waals surface area contributed by atoms with E-state index in [0.29, 0.717) is 0 Å². The summed E-state index contributed by atoms with van der Waals surface area (Å²) >= 11 is 0. The minimum atomic E-state index is 0. The van der Waals surface area contributed by atoms with Crippen LogP contribution in [0.2, 0.25) is 0 Å². The first-order valence-electron chi connectivity index (χ1n) is 16.2. The van der Waals surface area contributed by atoms with Crippen molar-refractivity contribution in [3.05, 3.63) is 158 Å². The fourth-order valence-electron chi connectivity index (χ4n) is 7.70. The summed E-state index contributed by atoms with van der Waals surface area (Å²) in [6, 6.07) is 58.3. The third-order valence-corrected chi connectivity index (χ3v) is 9.83. The molecule has 4 heterocycles. The fraction of sp³-hybridized carbons (Fsp3) is 0. The average molecular weight is 847 g/mol. The number of nitrogens with zero attached hydrogens (tertiary/aromatic N) is 4. The molecule has 224 valence electrons. The molecule has 4 aromatic heterocycles. The second kappa shape index (κ2) is 10.8. The summed E-state index contributed by atoms with van der Waals surface area (Å²) in [4.78, 5) is 10.4. The van der Waals surface area contributed by atoms with Crippen molar-refractivity contribution in [1.82, 2.24) is 18.9 Å². The first kappa shape index (κ1) is 28.5. The van der Waals surface area contributed by atoms with Crippen molar-refractivity contribution in [3.63, 3.8) is 0 Å². The first-order chi connectivity index (χ1) is 23.8. The Morgan fingerprint density at radius 1 is 0.490 bits per heavy atom. The van der Waals surface area contributed by atoms with Gasteiger partial charge in [0.1, 0.15) is 5.52 Å². The molecule has 5 heteroatoms. The van der Waals surface area contributed by atoms with Crippen LogP contribution in [0.1, 0.15) is 0 Å². The van der Waals surface area contributed by atoms with Gasteiger partial charge in [-0.15, -0.1) is 12.1 Å². The average Bonchev–Trinajstić information content (AvgIpc) is 3.78. The maximum Gasteiger partial charge on any atom is 2.00 e. The van der Waals surface area contributed by atoms with Crippen LogP contribution in [0, 0.1) is 43.2 Å². The van der Waals surface area contributed by atoms with Crippen LogP contribution in [0.15, 0.2) is 146 Å². The molecule has 0 unspecified atom stereocenters. The molecule has 0 bridgehead atoms. The van der Waals surface area contributed by atoms with Gasteiger partial charge in [0.2, 0.25) is 0 Å². The maximum absolute atomic E-state index is 5.22. The summed E-state index contributed by atoms with van der Waals surface area (Å²) in [6.45, 7) is 0. The molecule has 0 aliphatic heterocycles. The third-order valence-electron chi connectivity index (χ3n) is 9.83. The van der Waals surface area contributed by atoms with Gasteiger partial charge in [0.25, 0.3) is 0 Å². The fourth-order valence-corrected chi connectivity index (χ4v) is 7.70. The van der Waals surface area contributed by atoms with E-state index in [-0.39, 0.29) is 31.1 Å². The molecule has 0 spiro atoms. The van der Waals surface area contributed by atoms with Crippen LogP contribution in [0.25, 0.3) is 99.1 Å². The first-order valence-corrected chi connectivity index (χ1v) is 16.2. The molecule has 0 radical (unpaired) electrons. The van der Waals surface area contributed by atoms with Crippen molar-refractivity contribution in [1.29, 1.82) is 0 Å². The Hall–Kier alpha value is -5.47. The van der Waals surface area contributed by atoms with Gasteiger partial charge in [-0.2, -0.15) is 36.4 Å². The molecular formula is C44H24N4U. The second-order valence-corrected chi connectivity index (χ2v) is 12.5. The van der Waals surface area contributed by atoms with Crippen molar-refractivity contribution >= 4 is 71.2 Å². The molecule has 0 fully saturated rings. The van der Waals surface area contributed by atoms with Gasteiger partial charge < -0.3 is 8.97 Å². The molecule has 11 rings (SSSR count). The molecule has 7 aromatic carbocycles. The van der Waals surface area contributed by atoms with Gasteiger partial charge >= 0.3 is 31.1 Å². The van der Waals surface area contributed by atoms with Gasteiger partial charge in [-0.05, 0) is 70.6 Å². The predicted molar refractivity (Wildman–Crippen MR) is 197 cm³/mol. The van der Waals surface area contributed by atoms with Gasteiger partial charge in [-0.3, -0.25) is 0 Å². The molecule has 0 saturated heterocycles. The minimum Gasteiger partial charge on any atom is -0.311 e. The van der Waals surface area contributed by atoms with Crippen molar-refractivity contribution in [2.24, 2.45) is 0 Å². The summed E-state index contributed by atoms with van der Waals surface area (Å²) in [5, 5.41) is 5.90. The zero-order valence-corrected chi connectivity index (χ0v) is 30.3. The predicted octanol–water partition coefficient (Wildman–Crippen LogP) is 10.8. The number of aromatic nitrogens is 4. The molecule has 0 aliphatic carbocycles. The molecule has 0 atom stereocenters. The van der Waals surface area contributed by atoms with Gasteiger partial charge in [0, 0.05) is 21.8 Å². The minimum absolute atomic E-state index is 0. The topological polar surface area (TPSA) is 35.1 Å². The van der Waals surface area contributed by atoms with E-state index in [2.05, 4.69) is 124 Å². The molecule has 49 heavy (non-hydrogen) atoms. The monoisotopic (exact) mass is 846 g/mol. The Bertz CT molecular complexity index is 3050. The quantitative estimate of drug-likeness (QED) is 0.166. The number of benzene rings is 7. The number of hydrogen-bond donors (Lipinski definition) is 0. The van der Waals surface area contributed by atoms with E-state index < -0.39 is 0 Å². The summed E-state index contributed by atoms with van der Waals surface area (Å²) in [5.41, 5.74) is 13.7. The van der Waals surface area contributed by atoms with E-state index in [4.69, 9.17) is 9.97 Å². The van der Waals surface area contributed by atoms with Gasteiger partial charge in [0.05, 0.1) is 27.6 Å². The largest absolute Gasteiger partial charge is 2.00 e. The summed E-state index contributed by atoms with van der Waals surface area (Å²) in [5.74, 6) is 0. The standard InChI is InChI=1S/C44H24N4.U/c1-3-11-27(12-4-1)29-19-21-33-35-24-30(25-36-42-44(48(43(35)36)41(33)26-29)46-38-17-9-8-16-37(38)45-42)28-20-22-40-34(23-28)32-15-7-10-18-39(32)47(40)31-13-5-2-6-14-31;/h1-11,13-18,20-26H;/q-2;+2. The van der Waals surface area contributed by atoms with E-state index >= 15 is 0 Å². The molecular weight excluding hydrogens is 823 g/mol. The Morgan fingerprint density at radius 2 is 1.22 bits per heavy atom. The van der Waals surface area contributed by atoms with E-state index in [0.717, 1.165) is 66.4 Å². The van der Waals surface area contributed by atoms with Crippen molar-refractivity contribution in [2.45, 2.75) is 0 Å². The van der Waals surface area contributed by atoms with Crippen LogP contribution >= 0.6 is 0 Å². The Kier molecular flexibility index (Phi) is 6.27. The van der Waals surface area contributed by atoms with Gasteiger partial charge in [-0.25, -0.2) is 21.1 Å². The third kappa shape index (κ3) is 4.10. The Labute approximate surface area is 305 Å². The SMILES string of the molecule is [U+2].[c-]1ccccc1-c1[c-]cc2c3cc(-c4ccc5c(c4)c4ccccc4n5-c4ccccc4)cc4c5nc6ccccc6nc5n(c2c1)c34. The Morgan fingerprint density at radius 3 is 2.08 bits per heavy atom. The van der Waals surface area contributed by atoms with E-state index in [9.17, 15) is 0 Å². The van der Waals surface area contributed by atoms with Crippen molar-refractivity contribution in [3.8, 4) is 27.9 Å². The molecule has 0 aliphatic rings. The van der Waals surface area contributed by atoms with Crippen LogP contribution in [0.3, 0.4) is 0 Å². The van der Waals surface area contributed by atoms with Crippen LogP contribution in [-0.4, -0.2) is 18.9 Å². The van der Waals surface area contributed by atoms with Crippen molar-refractivity contribution < 1.29 is 31.1 Å². The maximum atomic E-state index is 5.22. The van der Waals surface area contributed by atoms with Gasteiger partial charge in [0.15, 0.2) is 5.65 Å². The number of rotatable bonds is 3. The van der Waals surface area contributed by atoms with Crippen molar-refractivity contribution in [2.75, 3.05) is 0 Å². The molecule has 0 saturated carbocycles. The van der Waals surface area contributed by atoms with Crippen LogP contribution in [0.5, 0.6) is 0 Å². The smallest absolute Gasteiger partial charge is 0.311 e. The molecule has 11 aromatic rings. The Balaban J connectivity index is 0.00000306.